The van der Waals surface area contributed by atoms with Crippen LogP contribution in [-0.2, 0) is 22.7 Å². The summed E-state index contributed by atoms with van der Waals surface area (Å²) in [7, 11) is 0. The van der Waals surface area contributed by atoms with Crippen LogP contribution in [-0.4, -0.2) is 21.4 Å². The Balaban J connectivity index is 1.61. The van der Waals surface area contributed by atoms with Crippen molar-refractivity contribution >= 4 is 28.5 Å². The fourth-order valence-electron chi connectivity index (χ4n) is 2.67. The number of hydrogen-bond donors (Lipinski definition) is 2. The monoisotopic (exact) mass is 378 g/mol. The molecule has 7 nitrogen and oxygen atoms in total. The molecule has 0 bridgehead atoms. The topological polar surface area (TPSA) is 93.1 Å². The molecule has 3 rings (SSSR count). The van der Waals surface area contributed by atoms with Crippen LogP contribution in [0.2, 0.25) is 0 Å². The van der Waals surface area contributed by atoms with Crippen LogP contribution < -0.4 is 16.2 Å². The summed E-state index contributed by atoms with van der Waals surface area (Å²) in [5, 5.41) is 5.63. The van der Waals surface area contributed by atoms with Crippen molar-refractivity contribution in [3.05, 3.63) is 70.6 Å². The summed E-state index contributed by atoms with van der Waals surface area (Å²) in [6.07, 6.45) is 1.22. The molecule has 0 aliphatic rings. The maximum absolute atomic E-state index is 12.3. The van der Waals surface area contributed by atoms with Crippen molar-refractivity contribution in [1.29, 1.82) is 0 Å². The highest BCUT2D eigenvalue weighted by Gasteiger charge is 2.09. The van der Waals surface area contributed by atoms with Gasteiger partial charge in [-0.1, -0.05) is 38.1 Å². The smallest absolute Gasteiger partial charge is 0.269 e. The first kappa shape index (κ1) is 19.3. The number of para-hydroxylation sites is 2. The number of nitrogens with zero attached hydrogens (tertiary/aromatic N) is 2. The highest BCUT2D eigenvalue weighted by Crippen LogP contribution is 2.11. The zero-order valence-electron chi connectivity index (χ0n) is 15.8. The van der Waals surface area contributed by atoms with E-state index in [0.29, 0.717) is 23.3 Å². The Kier molecular flexibility index (Phi) is 5.84. The Morgan fingerprint density at radius 1 is 1.07 bits per heavy atom. The molecule has 0 aliphatic carbocycles. The average molecular weight is 378 g/mol. The van der Waals surface area contributed by atoms with Crippen molar-refractivity contribution in [3.8, 4) is 0 Å². The summed E-state index contributed by atoms with van der Waals surface area (Å²) in [6, 6.07) is 14.5. The molecule has 0 saturated carbocycles. The lowest BCUT2D eigenvalue weighted by Crippen LogP contribution is -2.32. The number of benzene rings is 2. The largest absolute Gasteiger partial charge is 0.350 e. The molecule has 144 valence electrons. The summed E-state index contributed by atoms with van der Waals surface area (Å²) < 4.78 is 1.40. The molecule has 0 aliphatic heterocycles. The number of hydrogen-bond acceptors (Lipinski definition) is 4. The molecular weight excluding hydrogens is 356 g/mol. The van der Waals surface area contributed by atoms with Crippen molar-refractivity contribution in [2.45, 2.75) is 26.9 Å². The Bertz CT molecular complexity index is 1060. The number of carbonyl (C=O) groups excluding carboxylic acids is 2. The number of fused-ring (bicyclic) bond motifs is 1. The van der Waals surface area contributed by atoms with Crippen LogP contribution in [0, 0.1) is 5.92 Å². The minimum absolute atomic E-state index is 0.0453. The number of rotatable bonds is 6. The van der Waals surface area contributed by atoms with Crippen molar-refractivity contribution in [1.82, 2.24) is 14.9 Å². The summed E-state index contributed by atoms with van der Waals surface area (Å²) in [5.74, 6) is -0.404. The van der Waals surface area contributed by atoms with Crippen LogP contribution in [0.15, 0.2) is 59.5 Å². The van der Waals surface area contributed by atoms with Crippen molar-refractivity contribution in [3.63, 3.8) is 0 Å². The van der Waals surface area contributed by atoms with Crippen LogP contribution in [0.1, 0.15) is 19.4 Å². The van der Waals surface area contributed by atoms with Gasteiger partial charge in [0.1, 0.15) is 6.54 Å². The predicted molar refractivity (Wildman–Crippen MR) is 108 cm³/mol. The van der Waals surface area contributed by atoms with Gasteiger partial charge in [0.25, 0.3) is 5.56 Å². The highest BCUT2D eigenvalue weighted by atomic mass is 16.2. The maximum atomic E-state index is 12.3. The van der Waals surface area contributed by atoms with E-state index in [9.17, 15) is 14.4 Å². The lowest BCUT2D eigenvalue weighted by molar-refractivity contribution is -0.122. The van der Waals surface area contributed by atoms with E-state index < -0.39 is 0 Å². The van der Waals surface area contributed by atoms with Gasteiger partial charge in [-0.2, -0.15) is 0 Å². The number of carbonyl (C=O) groups is 2. The maximum Gasteiger partial charge on any atom is 0.269 e. The van der Waals surface area contributed by atoms with Crippen LogP contribution in [0.25, 0.3) is 11.0 Å². The quantitative estimate of drug-likeness (QED) is 0.688. The summed E-state index contributed by atoms with van der Waals surface area (Å²) in [5.41, 5.74) is 2.56. The molecular formula is C21H22N4O3. The molecule has 0 unspecified atom stereocenters. The first-order valence-corrected chi connectivity index (χ1v) is 9.05. The zero-order chi connectivity index (χ0) is 20.1. The molecule has 1 heterocycles. The third-order valence-corrected chi connectivity index (χ3v) is 4.29. The van der Waals surface area contributed by atoms with Gasteiger partial charge in [-0.15, -0.1) is 0 Å². The van der Waals surface area contributed by atoms with Crippen LogP contribution >= 0.6 is 0 Å². The van der Waals surface area contributed by atoms with Crippen molar-refractivity contribution in [2.24, 2.45) is 5.92 Å². The first-order valence-electron chi connectivity index (χ1n) is 9.05. The van der Waals surface area contributed by atoms with E-state index in [1.165, 1.54) is 10.8 Å². The second-order valence-electron chi connectivity index (χ2n) is 6.79. The Morgan fingerprint density at radius 2 is 1.79 bits per heavy atom. The van der Waals surface area contributed by atoms with E-state index in [-0.39, 0.29) is 29.8 Å². The first-order chi connectivity index (χ1) is 13.4. The van der Waals surface area contributed by atoms with Crippen molar-refractivity contribution < 1.29 is 9.59 Å². The van der Waals surface area contributed by atoms with Gasteiger partial charge in [-0.25, -0.2) is 4.98 Å². The second-order valence-corrected chi connectivity index (χ2v) is 6.79. The molecule has 2 amide bonds. The number of nitrogens with one attached hydrogen (secondary N) is 2. The van der Waals surface area contributed by atoms with E-state index in [4.69, 9.17) is 0 Å². The van der Waals surface area contributed by atoms with Crippen LogP contribution in [0.5, 0.6) is 0 Å². The van der Waals surface area contributed by atoms with Gasteiger partial charge in [0.05, 0.1) is 17.2 Å². The molecule has 3 aromatic rings. The van der Waals surface area contributed by atoms with Gasteiger partial charge in [0, 0.05) is 18.2 Å². The van der Waals surface area contributed by atoms with E-state index in [2.05, 4.69) is 15.6 Å². The fourth-order valence-corrected chi connectivity index (χ4v) is 2.67. The molecule has 28 heavy (non-hydrogen) atoms. The summed E-state index contributed by atoms with van der Waals surface area (Å²) in [4.78, 5) is 40.2. The van der Waals surface area contributed by atoms with Crippen LogP contribution in [0.3, 0.4) is 0 Å². The van der Waals surface area contributed by atoms with E-state index in [1.807, 2.05) is 32.0 Å². The minimum atomic E-state index is -0.320. The Labute approximate surface area is 162 Å². The molecule has 1 aromatic heterocycles. The third-order valence-electron chi connectivity index (χ3n) is 4.29. The molecule has 0 fully saturated rings. The SMILES string of the molecule is CC(C)C(=O)Nc1ccc(CNC(=O)Cn2c(=O)cnc3ccccc32)cc1. The van der Waals surface area contributed by atoms with Crippen molar-refractivity contribution in [2.75, 3.05) is 5.32 Å². The number of aromatic nitrogens is 2. The fraction of sp³-hybridized carbons (Fsp3) is 0.238. The minimum Gasteiger partial charge on any atom is -0.350 e. The molecule has 0 atom stereocenters. The van der Waals surface area contributed by atoms with Gasteiger partial charge in [0.15, 0.2) is 0 Å². The van der Waals surface area contributed by atoms with E-state index >= 15 is 0 Å². The zero-order valence-corrected chi connectivity index (χ0v) is 15.8. The molecule has 0 radical (unpaired) electrons. The van der Waals surface area contributed by atoms with E-state index in [0.717, 1.165) is 5.56 Å². The summed E-state index contributed by atoms with van der Waals surface area (Å²) >= 11 is 0. The highest BCUT2D eigenvalue weighted by molar-refractivity contribution is 5.92. The second kappa shape index (κ2) is 8.47. The molecule has 0 saturated heterocycles. The average Bonchev–Trinajstić information content (AvgIpc) is 2.69. The predicted octanol–water partition coefficient (Wildman–Crippen LogP) is 2.31. The van der Waals surface area contributed by atoms with Gasteiger partial charge in [-0.05, 0) is 29.8 Å². The normalized spacial score (nSPS) is 10.8. The lowest BCUT2D eigenvalue weighted by Gasteiger charge is -2.11. The van der Waals surface area contributed by atoms with Gasteiger partial charge < -0.3 is 10.6 Å². The molecule has 7 heteroatoms. The van der Waals surface area contributed by atoms with E-state index in [1.54, 1.807) is 30.3 Å². The number of anilines is 1. The van der Waals surface area contributed by atoms with Gasteiger partial charge in [0.2, 0.25) is 11.8 Å². The Hall–Kier alpha value is -3.48. The Morgan fingerprint density at radius 3 is 2.50 bits per heavy atom. The third kappa shape index (κ3) is 4.62. The number of amides is 2. The van der Waals surface area contributed by atoms with Gasteiger partial charge in [-0.3, -0.25) is 19.0 Å². The molecule has 0 spiro atoms. The lowest BCUT2D eigenvalue weighted by atomic mass is 10.1. The standard InChI is InChI=1S/C21H22N4O3/c1-14(2)21(28)24-16-9-7-15(8-10-16)11-23-19(26)13-25-18-6-4-3-5-17(18)22-12-20(25)27/h3-10,12,14H,11,13H2,1-2H3,(H,23,26)(H,24,28). The molecule has 2 aromatic carbocycles. The summed E-state index contributed by atoms with van der Waals surface area (Å²) in [6.45, 7) is 3.91. The molecule has 2 N–H and O–H groups in total. The van der Waals surface area contributed by atoms with Gasteiger partial charge >= 0.3 is 0 Å². The van der Waals surface area contributed by atoms with Crippen LogP contribution in [0.4, 0.5) is 5.69 Å².